The number of ether oxygens (including phenoxy) is 1. The quantitative estimate of drug-likeness (QED) is 0.0954. The number of aliphatic carboxylic acids is 1. The van der Waals surface area contributed by atoms with E-state index < -0.39 is 29.6 Å². The van der Waals surface area contributed by atoms with Gasteiger partial charge in [-0.1, -0.05) is 30.3 Å². The zero-order valence-corrected chi connectivity index (χ0v) is 21.8. The van der Waals surface area contributed by atoms with Crippen molar-refractivity contribution in [1.29, 1.82) is 0 Å². The molecule has 0 bridgehead atoms. The van der Waals surface area contributed by atoms with Gasteiger partial charge >= 0.3 is 5.97 Å². The fraction of sp³-hybridized carbons (Fsp3) is 0.333. The number of para-hydroxylation sites is 1. The highest BCUT2D eigenvalue weighted by molar-refractivity contribution is 14.1. The number of carboxylic acids is 1. The number of carbonyl (C=O) groups is 3. The smallest absolute Gasteiger partial charge is 0.345 e. The summed E-state index contributed by atoms with van der Waals surface area (Å²) >= 11 is 2.15. The third-order valence-electron chi connectivity index (χ3n) is 5.14. The number of nitrogens with two attached hydrogens (primary N) is 2. The number of amides is 2. The van der Waals surface area contributed by atoms with Gasteiger partial charge in [-0.25, -0.2) is 9.69 Å². The average Bonchev–Trinajstić information content (AvgIpc) is 2.80. The molecule has 10 nitrogen and oxygen atoms in total. The lowest BCUT2D eigenvalue weighted by molar-refractivity contribution is -0.172. The minimum atomic E-state index is -2.06. The zero-order chi connectivity index (χ0) is 26.0. The molecule has 0 aliphatic rings. The molecule has 2 atom stereocenters. The van der Waals surface area contributed by atoms with Crippen LogP contribution in [0.2, 0.25) is 0 Å². The van der Waals surface area contributed by atoms with Crippen molar-refractivity contribution >= 4 is 46.3 Å². The number of rotatable bonds is 12. The molecule has 0 radical (unpaired) electrons. The highest BCUT2D eigenvalue weighted by Crippen LogP contribution is 2.24. The van der Waals surface area contributed by atoms with Crippen LogP contribution in [0.25, 0.3) is 0 Å². The minimum absolute atomic E-state index is 0.0937. The molecule has 0 aromatic heterocycles. The molecule has 0 saturated heterocycles. The Bertz CT molecular complexity index is 1060. The standard InChI is InChI=1S/C24H30IN5O5/c1-16(35-20-10-4-3-5-11-20)21(32)30(17(2)31)24(22(33)34,12-7-13-28-23(26)27)29-15-18-8-6-9-19(25)14-18/h3-6,8-11,14,16,29H,7,12-13,15H2,1-2H3,(H,33,34)(H4,26,27,28)/t16?,24-/m0/s1. The normalized spacial score (nSPS) is 13.2. The number of imide groups is 1. The molecule has 0 aliphatic heterocycles. The number of hydrogen-bond acceptors (Lipinski definition) is 6. The van der Waals surface area contributed by atoms with Crippen molar-refractivity contribution in [1.82, 2.24) is 10.2 Å². The van der Waals surface area contributed by atoms with Gasteiger partial charge in [0.1, 0.15) is 5.75 Å². The van der Waals surface area contributed by atoms with E-state index in [0.29, 0.717) is 5.75 Å². The highest BCUT2D eigenvalue weighted by atomic mass is 127. The zero-order valence-electron chi connectivity index (χ0n) is 19.6. The summed E-state index contributed by atoms with van der Waals surface area (Å²) in [6.45, 7) is 2.83. The van der Waals surface area contributed by atoms with Crippen LogP contribution in [-0.4, -0.2) is 52.1 Å². The van der Waals surface area contributed by atoms with E-state index in [4.69, 9.17) is 16.2 Å². The SMILES string of the molecule is CC(=O)N(C(=O)C(C)Oc1ccccc1)[C@](CCCN=C(N)N)(NCc1cccc(I)c1)C(=O)O. The van der Waals surface area contributed by atoms with Crippen LogP contribution < -0.4 is 21.5 Å². The second-order valence-electron chi connectivity index (χ2n) is 7.82. The molecule has 2 rings (SSSR count). The average molecular weight is 595 g/mol. The van der Waals surface area contributed by atoms with Gasteiger partial charge in [-0.15, -0.1) is 0 Å². The van der Waals surface area contributed by atoms with E-state index in [-0.39, 0.29) is 31.9 Å². The number of carbonyl (C=O) groups excluding carboxylic acids is 2. The van der Waals surface area contributed by atoms with Crippen molar-refractivity contribution in [2.45, 2.75) is 45.0 Å². The first-order valence-electron chi connectivity index (χ1n) is 10.9. The summed E-state index contributed by atoms with van der Waals surface area (Å²) in [4.78, 5) is 43.6. The Hall–Kier alpha value is -3.19. The van der Waals surface area contributed by atoms with Crippen molar-refractivity contribution in [2.24, 2.45) is 16.5 Å². The topological polar surface area (TPSA) is 160 Å². The van der Waals surface area contributed by atoms with Gasteiger partial charge in [0.15, 0.2) is 17.7 Å². The van der Waals surface area contributed by atoms with E-state index in [0.717, 1.165) is 21.0 Å². The van der Waals surface area contributed by atoms with Crippen LogP contribution in [0.5, 0.6) is 5.75 Å². The summed E-state index contributed by atoms with van der Waals surface area (Å²) in [6.07, 6.45) is -1.07. The third-order valence-corrected chi connectivity index (χ3v) is 5.81. The van der Waals surface area contributed by atoms with E-state index in [1.807, 2.05) is 24.3 Å². The monoisotopic (exact) mass is 595 g/mol. The first-order chi connectivity index (χ1) is 16.6. The van der Waals surface area contributed by atoms with Gasteiger partial charge in [-0.3, -0.25) is 19.9 Å². The number of halogens is 1. The van der Waals surface area contributed by atoms with Gasteiger partial charge in [-0.2, -0.15) is 0 Å². The Morgan fingerprint density at radius 1 is 1.17 bits per heavy atom. The molecule has 0 aliphatic carbocycles. The number of guanidine groups is 1. The molecule has 11 heteroatoms. The molecule has 6 N–H and O–H groups in total. The molecule has 2 amide bonds. The lowest BCUT2D eigenvalue weighted by atomic mass is 9.99. The maximum Gasteiger partial charge on any atom is 0.345 e. The van der Waals surface area contributed by atoms with Crippen molar-refractivity contribution in [2.75, 3.05) is 6.54 Å². The van der Waals surface area contributed by atoms with Crippen molar-refractivity contribution in [3.8, 4) is 5.75 Å². The molecule has 0 saturated carbocycles. The summed E-state index contributed by atoms with van der Waals surface area (Å²) in [5.41, 5.74) is 9.49. The molecule has 0 fully saturated rings. The second-order valence-corrected chi connectivity index (χ2v) is 9.07. The summed E-state index contributed by atoms with van der Waals surface area (Å²) in [5.74, 6) is -2.64. The summed E-state index contributed by atoms with van der Waals surface area (Å²) in [5, 5.41) is 13.3. The van der Waals surface area contributed by atoms with Gasteiger partial charge < -0.3 is 21.3 Å². The van der Waals surface area contributed by atoms with Crippen LogP contribution in [0.3, 0.4) is 0 Å². The summed E-state index contributed by atoms with van der Waals surface area (Å²) in [7, 11) is 0. The largest absolute Gasteiger partial charge is 0.481 e. The third kappa shape index (κ3) is 7.92. The Morgan fingerprint density at radius 2 is 1.86 bits per heavy atom. The molecule has 2 aromatic rings. The second kappa shape index (κ2) is 13.0. The minimum Gasteiger partial charge on any atom is -0.481 e. The Labute approximate surface area is 217 Å². The predicted molar refractivity (Wildman–Crippen MR) is 140 cm³/mol. The number of nitrogens with zero attached hydrogens (tertiary/aromatic N) is 2. The number of hydrogen-bond donors (Lipinski definition) is 4. The van der Waals surface area contributed by atoms with Crippen molar-refractivity contribution in [3.05, 3.63) is 63.7 Å². The molecular formula is C24H30IN5O5. The molecule has 2 aromatic carbocycles. The number of benzene rings is 2. The Morgan fingerprint density at radius 3 is 2.43 bits per heavy atom. The molecule has 35 heavy (non-hydrogen) atoms. The Kier molecular flexibility index (Phi) is 10.5. The van der Waals surface area contributed by atoms with Gasteiger partial charge in [0.2, 0.25) is 5.91 Å². The molecule has 0 spiro atoms. The lowest BCUT2D eigenvalue weighted by Gasteiger charge is -2.40. The first-order valence-corrected chi connectivity index (χ1v) is 12.0. The van der Waals surface area contributed by atoms with Crippen LogP contribution in [0.4, 0.5) is 0 Å². The molecule has 188 valence electrons. The van der Waals surface area contributed by atoms with Gasteiger partial charge in [0, 0.05) is 23.6 Å². The molecular weight excluding hydrogens is 565 g/mol. The fourth-order valence-corrected chi connectivity index (χ4v) is 4.15. The maximum absolute atomic E-state index is 13.5. The van der Waals surface area contributed by atoms with Gasteiger partial charge in [0.25, 0.3) is 5.91 Å². The summed E-state index contributed by atoms with van der Waals surface area (Å²) < 4.78 is 6.66. The maximum atomic E-state index is 13.5. The van der Waals surface area contributed by atoms with Crippen molar-refractivity contribution in [3.63, 3.8) is 0 Å². The summed E-state index contributed by atoms with van der Waals surface area (Å²) in [6, 6.07) is 16.0. The van der Waals surface area contributed by atoms with Crippen molar-refractivity contribution < 1.29 is 24.2 Å². The predicted octanol–water partition coefficient (Wildman–Crippen LogP) is 2.06. The van der Waals surface area contributed by atoms with Crippen LogP contribution in [0.15, 0.2) is 59.6 Å². The van der Waals surface area contributed by atoms with Crippen LogP contribution in [0, 0.1) is 3.57 Å². The lowest BCUT2D eigenvalue weighted by Crippen LogP contribution is -2.68. The molecule has 0 heterocycles. The molecule has 1 unspecified atom stereocenters. The van der Waals surface area contributed by atoms with Crippen LogP contribution in [-0.2, 0) is 20.9 Å². The van der Waals surface area contributed by atoms with E-state index in [1.165, 1.54) is 6.92 Å². The first kappa shape index (κ1) is 28.1. The van der Waals surface area contributed by atoms with Crippen LogP contribution in [0.1, 0.15) is 32.3 Å². The van der Waals surface area contributed by atoms with Gasteiger partial charge in [-0.05, 0) is 72.2 Å². The van der Waals surface area contributed by atoms with E-state index >= 15 is 0 Å². The fourth-order valence-electron chi connectivity index (χ4n) is 3.54. The highest BCUT2D eigenvalue weighted by Gasteiger charge is 2.49. The number of nitrogens with one attached hydrogen (secondary N) is 1. The van der Waals surface area contributed by atoms with E-state index in [2.05, 4.69) is 32.9 Å². The van der Waals surface area contributed by atoms with E-state index in [9.17, 15) is 19.5 Å². The van der Waals surface area contributed by atoms with Crippen LogP contribution >= 0.6 is 22.6 Å². The van der Waals surface area contributed by atoms with E-state index in [1.54, 1.807) is 30.3 Å². The van der Waals surface area contributed by atoms with Gasteiger partial charge in [0.05, 0.1) is 0 Å². The number of aliphatic imine (C=N–C) groups is 1. The number of carboxylic acid groups (broad SMARTS) is 1. The Balaban J connectivity index is 2.42.